The zero-order chi connectivity index (χ0) is 27.1. The summed E-state index contributed by atoms with van der Waals surface area (Å²) in [7, 11) is 0. The molecule has 1 aliphatic rings. The van der Waals surface area contributed by atoms with Gasteiger partial charge in [0.2, 0.25) is 5.91 Å². The highest BCUT2D eigenvalue weighted by atomic mass is 35.5. The number of hydrogen-bond donors (Lipinski definition) is 5. The summed E-state index contributed by atoms with van der Waals surface area (Å²) in [5.74, 6) is -2.53. The number of aliphatic carboxylic acids is 1. The number of guanidine groups is 1. The number of amides is 2. The van der Waals surface area contributed by atoms with Crippen molar-refractivity contribution >= 4 is 58.3 Å². The van der Waals surface area contributed by atoms with E-state index in [-0.39, 0.29) is 40.3 Å². The summed E-state index contributed by atoms with van der Waals surface area (Å²) < 4.78 is 13.2. The number of nitro groups is 1. The van der Waals surface area contributed by atoms with E-state index in [0.717, 1.165) is 6.07 Å². The van der Waals surface area contributed by atoms with Crippen molar-refractivity contribution in [1.82, 2.24) is 16.0 Å². The Morgan fingerprint density at radius 1 is 1.19 bits per heavy atom. The van der Waals surface area contributed by atoms with Gasteiger partial charge in [-0.3, -0.25) is 24.5 Å². The van der Waals surface area contributed by atoms with Crippen molar-refractivity contribution in [3.8, 4) is 0 Å². The molecule has 0 fully saturated rings. The summed E-state index contributed by atoms with van der Waals surface area (Å²) in [4.78, 5) is 51.0. The van der Waals surface area contributed by atoms with Crippen LogP contribution in [0.5, 0.6) is 0 Å². The maximum absolute atomic E-state index is 13.2. The van der Waals surface area contributed by atoms with Crippen molar-refractivity contribution < 1.29 is 28.8 Å². The second-order valence-corrected chi connectivity index (χ2v) is 8.79. The first-order chi connectivity index (χ1) is 17.5. The number of anilines is 1. The van der Waals surface area contributed by atoms with Crippen LogP contribution in [0.2, 0.25) is 10.0 Å². The fourth-order valence-electron chi connectivity index (χ4n) is 3.37. The molecule has 1 unspecified atom stereocenters. The molecule has 0 saturated carbocycles. The largest absolute Gasteiger partial charge is 0.481 e. The lowest BCUT2D eigenvalue weighted by Gasteiger charge is -2.19. The first kappa shape index (κ1) is 27.6. The van der Waals surface area contributed by atoms with Gasteiger partial charge in [-0.2, -0.15) is 0 Å². The molecule has 1 aliphatic heterocycles. The van der Waals surface area contributed by atoms with Gasteiger partial charge in [-0.1, -0.05) is 23.2 Å². The number of nitro benzene ring substituents is 1. The fraction of sp³-hybridized carbons (Fsp3) is 0.273. The van der Waals surface area contributed by atoms with Crippen LogP contribution in [0.4, 0.5) is 15.8 Å². The highest BCUT2D eigenvalue weighted by Crippen LogP contribution is 2.25. The van der Waals surface area contributed by atoms with E-state index in [1.165, 1.54) is 30.3 Å². The summed E-state index contributed by atoms with van der Waals surface area (Å²) in [5, 5.41) is 31.3. The number of rotatable bonds is 9. The number of aliphatic imine (C=N–C) groups is 1. The van der Waals surface area contributed by atoms with Crippen LogP contribution in [0.1, 0.15) is 28.4 Å². The molecular formula is C22H21Cl2FN6O6. The average Bonchev–Trinajstić information content (AvgIpc) is 2.82. The van der Waals surface area contributed by atoms with Crippen molar-refractivity contribution in [2.75, 3.05) is 25.0 Å². The first-order valence-corrected chi connectivity index (χ1v) is 11.5. The lowest BCUT2D eigenvalue weighted by atomic mass is 10.0. The van der Waals surface area contributed by atoms with E-state index in [0.29, 0.717) is 5.56 Å². The van der Waals surface area contributed by atoms with E-state index < -0.39 is 53.6 Å². The lowest BCUT2D eigenvalue weighted by molar-refractivity contribution is -0.384. The molecule has 0 spiro atoms. The van der Waals surface area contributed by atoms with Gasteiger partial charge in [0, 0.05) is 33.4 Å². The number of benzene rings is 2. The summed E-state index contributed by atoms with van der Waals surface area (Å²) in [6, 6.07) is 6.86. The third-order valence-corrected chi connectivity index (χ3v) is 5.44. The van der Waals surface area contributed by atoms with Crippen LogP contribution >= 0.6 is 23.2 Å². The predicted octanol–water partition coefficient (Wildman–Crippen LogP) is 2.67. The summed E-state index contributed by atoms with van der Waals surface area (Å²) in [6.07, 6.45) is -1.63. The van der Waals surface area contributed by atoms with Gasteiger partial charge in [0.25, 0.3) is 11.6 Å². The van der Waals surface area contributed by atoms with Gasteiger partial charge in [0.1, 0.15) is 6.17 Å². The molecular weight excluding hydrogens is 534 g/mol. The highest BCUT2D eigenvalue weighted by Gasteiger charge is 2.21. The Bertz CT molecular complexity index is 1240. The number of non-ortho nitro benzene ring substituents is 1. The van der Waals surface area contributed by atoms with Gasteiger partial charge in [0.05, 0.1) is 37.0 Å². The van der Waals surface area contributed by atoms with E-state index in [4.69, 9.17) is 23.2 Å². The zero-order valence-electron chi connectivity index (χ0n) is 19.0. The van der Waals surface area contributed by atoms with Crippen LogP contribution in [0.25, 0.3) is 0 Å². The summed E-state index contributed by atoms with van der Waals surface area (Å²) in [6.45, 7) is -0.634. The van der Waals surface area contributed by atoms with Crippen molar-refractivity contribution in [3.63, 3.8) is 0 Å². The Morgan fingerprint density at radius 2 is 1.89 bits per heavy atom. The van der Waals surface area contributed by atoms with Crippen molar-refractivity contribution in [1.29, 1.82) is 0 Å². The van der Waals surface area contributed by atoms with Gasteiger partial charge >= 0.3 is 5.97 Å². The van der Waals surface area contributed by atoms with Gasteiger partial charge in [-0.15, -0.1) is 0 Å². The van der Waals surface area contributed by atoms with Gasteiger partial charge in [-0.05, 0) is 29.8 Å². The number of carbonyl (C=O) groups excluding carboxylic acids is 2. The molecule has 5 N–H and O–H groups in total. The average molecular weight is 555 g/mol. The second-order valence-electron chi connectivity index (χ2n) is 7.92. The first-order valence-electron chi connectivity index (χ1n) is 10.7. The van der Waals surface area contributed by atoms with Crippen LogP contribution in [0.15, 0.2) is 41.4 Å². The maximum atomic E-state index is 13.2. The monoisotopic (exact) mass is 554 g/mol. The number of carbonyl (C=O) groups is 3. The molecule has 2 aromatic carbocycles. The summed E-state index contributed by atoms with van der Waals surface area (Å²) in [5.41, 5.74) is -0.0364. The number of halogens is 3. The smallest absolute Gasteiger partial charge is 0.305 e. The molecule has 0 bridgehead atoms. The normalized spacial score (nSPS) is 15.5. The molecule has 0 radical (unpaired) electrons. The molecule has 2 amide bonds. The minimum Gasteiger partial charge on any atom is -0.481 e. The van der Waals surface area contributed by atoms with E-state index in [1.54, 1.807) is 0 Å². The molecule has 2 aromatic rings. The van der Waals surface area contributed by atoms with Crippen LogP contribution in [0, 0.1) is 10.1 Å². The SMILES string of the molecule is O=C(O)C[C@@H](NC(=O)CNC(=O)c1cc(NC2=NCC(F)CN2)cc([N+](=O)[O-])c1)c1cc(Cl)cc(Cl)c1. The number of nitrogens with zero attached hydrogens (tertiary/aromatic N) is 2. The molecule has 15 heteroatoms. The minimum absolute atomic E-state index is 0.00742. The molecule has 37 heavy (non-hydrogen) atoms. The van der Waals surface area contributed by atoms with E-state index >= 15 is 0 Å². The Kier molecular flexibility index (Phi) is 9.20. The quantitative estimate of drug-likeness (QED) is 0.232. The number of nitrogens with one attached hydrogen (secondary N) is 4. The van der Waals surface area contributed by atoms with E-state index in [9.17, 15) is 34.0 Å². The molecule has 3 rings (SSSR count). The van der Waals surface area contributed by atoms with E-state index in [1.807, 2.05) is 0 Å². The van der Waals surface area contributed by atoms with Gasteiger partial charge in [-0.25, -0.2) is 9.38 Å². The summed E-state index contributed by atoms with van der Waals surface area (Å²) >= 11 is 11.9. The second kappa shape index (κ2) is 12.3. The van der Waals surface area contributed by atoms with Crippen LogP contribution in [-0.2, 0) is 9.59 Å². The molecule has 196 valence electrons. The molecule has 1 heterocycles. The van der Waals surface area contributed by atoms with Crippen LogP contribution in [-0.4, -0.2) is 59.6 Å². The Balaban J connectivity index is 1.69. The molecule has 0 aliphatic carbocycles. The topological polar surface area (TPSA) is 175 Å². The van der Waals surface area contributed by atoms with Crippen LogP contribution < -0.4 is 21.3 Å². The Morgan fingerprint density at radius 3 is 2.49 bits per heavy atom. The predicted molar refractivity (Wildman–Crippen MR) is 134 cm³/mol. The third kappa shape index (κ3) is 8.29. The Hall–Kier alpha value is -3.97. The number of carboxylic acids is 1. The van der Waals surface area contributed by atoms with Crippen molar-refractivity contribution in [2.24, 2.45) is 4.99 Å². The highest BCUT2D eigenvalue weighted by molar-refractivity contribution is 6.34. The number of alkyl halides is 1. The molecule has 2 atom stereocenters. The number of hydrogen-bond acceptors (Lipinski definition) is 8. The number of carboxylic acid groups (broad SMARTS) is 1. The maximum Gasteiger partial charge on any atom is 0.305 e. The molecule has 0 aromatic heterocycles. The fourth-order valence-corrected chi connectivity index (χ4v) is 3.91. The van der Waals surface area contributed by atoms with Crippen molar-refractivity contribution in [2.45, 2.75) is 18.6 Å². The zero-order valence-corrected chi connectivity index (χ0v) is 20.5. The third-order valence-electron chi connectivity index (χ3n) is 5.00. The minimum atomic E-state index is -1.19. The van der Waals surface area contributed by atoms with E-state index in [2.05, 4.69) is 26.3 Å². The molecule has 0 saturated heterocycles. The van der Waals surface area contributed by atoms with Gasteiger partial charge < -0.3 is 26.4 Å². The molecule has 12 nitrogen and oxygen atoms in total. The Labute approximate surface area is 219 Å². The lowest BCUT2D eigenvalue weighted by Crippen LogP contribution is -2.41. The van der Waals surface area contributed by atoms with Gasteiger partial charge in [0.15, 0.2) is 5.96 Å². The standard InChI is InChI=1S/C22H21Cl2FN6O6/c23-13-1-11(2-14(24)5-13)18(7-20(33)34)30-19(32)10-26-21(35)12-3-16(6-17(4-12)31(36)37)29-22-27-8-15(25)9-28-22/h1-6,15,18H,7-10H2,(H,26,35)(H,30,32)(H,33,34)(H2,27,28,29)/t18-/m1/s1. The van der Waals surface area contributed by atoms with Crippen molar-refractivity contribution in [3.05, 3.63) is 67.7 Å². The van der Waals surface area contributed by atoms with Crippen LogP contribution in [0.3, 0.4) is 0 Å².